The summed E-state index contributed by atoms with van der Waals surface area (Å²) in [6.45, 7) is 0.0981. The summed E-state index contributed by atoms with van der Waals surface area (Å²) in [5.41, 5.74) is 1.82. The summed E-state index contributed by atoms with van der Waals surface area (Å²) in [6, 6.07) is 13.3. The lowest BCUT2D eigenvalue weighted by atomic mass is 10.2. The van der Waals surface area contributed by atoms with Crippen molar-refractivity contribution in [2.24, 2.45) is 0 Å². The first-order chi connectivity index (χ1) is 11.9. The molecule has 3 rings (SSSR count). The standard InChI is InChI=1S/C18H17NO5S/c1-25(22,23)16-9-5-3-7-14(16)18(21)24-12-17(20)19-11-10-13-6-2-4-8-15(13)19/h2-9H,10-12H2,1H3. The van der Waals surface area contributed by atoms with Crippen LogP contribution in [-0.4, -0.2) is 39.7 Å². The highest BCUT2D eigenvalue weighted by atomic mass is 32.2. The lowest BCUT2D eigenvalue weighted by molar-refractivity contribution is -0.121. The smallest absolute Gasteiger partial charge is 0.339 e. The fourth-order valence-corrected chi connectivity index (χ4v) is 3.72. The monoisotopic (exact) mass is 359 g/mol. The van der Waals surface area contributed by atoms with E-state index in [1.165, 1.54) is 18.2 Å². The van der Waals surface area contributed by atoms with Gasteiger partial charge < -0.3 is 9.64 Å². The Morgan fingerprint density at radius 2 is 1.76 bits per heavy atom. The van der Waals surface area contributed by atoms with Gasteiger partial charge >= 0.3 is 5.97 Å². The van der Waals surface area contributed by atoms with Crippen molar-refractivity contribution in [3.8, 4) is 0 Å². The highest BCUT2D eigenvalue weighted by Crippen LogP contribution is 2.27. The largest absolute Gasteiger partial charge is 0.452 e. The summed E-state index contributed by atoms with van der Waals surface area (Å²) >= 11 is 0. The quantitative estimate of drug-likeness (QED) is 0.778. The van der Waals surface area contributed by atoms with Crippen molar-refractivity contribution in [3.05, 3.63) is 59.7 Å². The predicted molar refractivity (Wildman–Crippen MR) is 92.3 cm³/mol. The number of rotatable bonds is 4. The molecule has 130 valence electrons. The highest BCUT2D eigenvalue weighted by Gasteiger charge is 2.26. The highest BCUT2D eigenvalue weighted by molar-refractivity contribution is 7.90. The van der Waals surface area contributed by atoms with E-state index in [0.717, 1.165) is 23.9 Å². The van der Waals surface area contributed by atoms with E-state index in [-0.39, 0.29) is 16.4 Å². The van der Waals surface area contributed by atoms with Gasteiger partial charge in [-0.25, -0.2) is 13.2 Å². The Balaban J connectivity index is 1.71. The summed E-state index contributed by atoms with van der Waals surface area (Å²) in [4.78, 5) is 26.0. The first-order valence-electron chi connectivity index (χ1n) is 7.72. The molecule has 1 heterocycles. The molecule has 0 aliphatic carbocycles. The Bertz CT molecular complexity index is 936. The normalized spacial score (nSPS) is 13.4. The fraction of sp³-hybridized carbons (Fsp3) is 0.222. The van der Waals surface area contributed by atoms with Gasteiger partial charge in [0.25, 0.3) is 5.91 Å². The molecular formula is C18H17NO5S. The van der Waals surface area contributed by atoms with Crippen molar-refractivity contribution in [2.75, 3.05) is 24.3 Å². The zero-order valence-electron chi connectivity index (χ0n) is 13.6. The van der Waals surface area contributed by atoms with Gasteiger partial charge in [-0.1, -0.05) is 30.3 Å². The summed E-state index contributed by atoms with van der Waals surface area (Å²) in [5.74, 6) is -1.17. The maximum atomic E-state index is 12.4. The number of fused-ring (bicyclic) bond motifs is 1. The average molecular weight is 359 g/mol. The molecule has 0 bridgehead atoms. The van der Waals surface area contributed by atoms with E-state index in [2.05, 4.69) is 0 Å². The molecule has 2 aromatic carbocycles. The van der Waals surface area contributed by atoms with Crippen LogP contribution in [0.5, 0.6) is 0 Å². The Hall–Kier alpha value is -2.67. The lowest BCUT2D eigenvalue weighted by Crippen LogP contribution is -2.33. The first kappa shape index (κ1) is 17.2. The second-order valence-corrected chi connectivity index (χ2v) is 7.75. The van der Waals surface area contributed by atoms with Crippen LogP contribution in [0.4, 0.5) is 5.69 Å². The minimum Gasteiger partial charge on any atom is -0.452 e. The summed E-state index contributed by atoms with van der Waals surface area (Å²) in [7, 11) is -3.57. The van der Waals surface area contributed by atoms with Crippen molar-refractivity contribution in [1.29, 1.82) is 0 Å². The lowest BCUT2D eigenvalue weighted by Gasteiger charge is -2.17. The summed E-state index contributed by atoms with van der Waals surface area (Å²) in [6.07, 6.45) is 1.78. The van der Waals surface area contributed by atoms with Gasteiger partial charge in [0.2, 0.25) is 0 Å². The van der Waals surface area contributed by atoms with Crippen LogP contribution in [0.3, 0.4) is 0 Å². The Morgan fingerprint density at radius 3 is 2.52 bits per heavy atom. The van der Waals surface area contributed by atoms with Crippen LogP contribution >= 0.6 is 0 Å². The molecule has 1 amide bonds. The number of sulfone groups is 1. The van der Waals surface area contributed by atoms with Gasteiger partial charge in [0.05, 0.1) is 10.5 Å². The third kappa shape index (κ3) is 3.56. The van der Waals surface area contributed by atoms with Gasteiger partial charge in [0, 0.05) is 18.5 Å². The number of hydrogen-bond donors (Lipinski definition) is 0. The minimum absolute atomic E-state index is 0.0698. The van der Waals surface area contributed by atoms with Crippen molar-refractivity contribution in [2.45, 2.75) is 11.3 Å². The van der Waals surface area contributed by atoms with Gasteiger partial charge in [0.15, 0.2) is 16.4 Å². The zero-order chi connectivity index (χ0) is 18.0. The molecule has 0 spiro atoms. The summed E-state index contributed by atoms with van der Waals surface area (Å²) < 4.78 is 28.6. The number of benzene rings is 2. The third-order valence-electron chi connectivity index (χ3n) is 4.02. The number of esters is 1. The molecule has 7 heteroatoms. The number of para-hydroxylation sites is 1. The van der Waals surface area contributed by atoms with E-state index in [1.807, 2.05) is 24.3 Å². The third-order valence-corrected chi connectivity index (χ3v) is 5.18. The van der Waals surface area contributed by atoms with E-state index < -0.39 is 22.4 Å². The molecule has 25 heavy (non-hydrogen) atoms. The zero-order valence-corrected chi connectivity index (χ0v) is 14.5. The predicted octanol–water partition coefficient (Wildman–Crippen LogP) is 1.84. The molecular weight excluding hydrogens is 342 g/mol. The second-order valence-electron chi connectivity index (χ2n) is 5.77. The average Bonchev–Trinajstić information content (AvgIpc) is 3.03. The number of carbonyl (C=O) groups excluding carboxylic acids is 2. The van der Waals surface area contributed by atoms with Gasteiger partial charge in [-0.2, -0.15) is 0 Å². The van der Waals surface area contributed by atoms with Crippen molar-refractivity contribution >= 4 is 27.4 Å². The van der Waals surface area contributed by atoms with Crippen LogP contribution in [0.1, 0.15) is 15.9 Å². The fourth-order valence-electron chi connectivity index (χ4n) is 2.84. The molecule has 6 nitrogen and oxygen atoms in total. The van der Waals surface area contributed by atoms with Crippen LogP contribution in [0.15, 0.2) is 53.4 Å². The molecule has 0 aromatic heterocycles. The Morgan fingerprint density at radius 1 is 1.08 bits per heavy atom. The van der Waals surface area contributed by atoms with Crippen LogP contribution in [0.25, 0.3) is 0 Å². The molecule has 0 saturated carbocycles. The van der Waals surface area contributed by atoms with Crippen molar-refractivity contribution < 1.29 is 22.7 Å². The molecule has 0 N–H and O–H groups in total. The maximum absolute atomic E-state index is 12.4. The van der Waals surface area contributed by atoms with E-state index in [4.69, 9.17) is 4.74 Å². The second kappa shape index (κ2) is 6.68. The molecule has 0 unspecified atom stereocenters. The maximum Gasteiger partial charge on any atom is 0.339 e. The van der Waals surface area contributed by atoms with Crippen molar-refractivity contribution in [3.63, 3.8) is 0 Å². The van der Waals surface area contributed by atoms with Crippen LogP contribution in [-0.2, 0) is 25.8 Å². The number of hydrogen-bond acceptors (Lipinski definition) is 5. The molecule has 0 radical (unpaired) electrons. The topological polar surface area (TPSA) is 80.7 Å². The number of anilines is 1. The van der Waals surface area contributed by atoms with Gasteiger partial charge in [-0.05, 0) is 30.2 Å². The summed E-state index contributed by atoms with van der Waals surface area (Å²) in [5, 5.41) is 0. The van der Waals surface area contributed by atoms with E-state index in [1.54, 1.807) is 11.0 Å². The molecule has 0 fully saturated rings. The number of amides is 1. The van der Waals surface area contributed by atoms with Crippen LogP contribution in [0, 0.1) is 0 Å². The van der Waals surface area contributed by atoms with E-state index in [9.17, 15) is 18.0 Å². The van der Waals surface area contributed by atoms with Gasteiger partial charge in [0.1, 0.15) is 0 Å². The van der Waals surface area contributed by atoms with Gasteiger partial charge in [-0.3, -0.25) is 4.79 Å². The SMILES string of the molecule is CS(=O)(=O)c1ccccc1C(=O)OCC(=O)N1CCc2ccccc21. The molecule has 2 aromatic rings. The molecule has 1 aliphatic heterocycles. The number of carbonyl (C=O) groups is 2. The molecule has 1 aliphatic rings. The van der Waals surface area contributed by atoms with Crippen LogP contribution < -0.4 is 4.90 Å². The number of nitrogens with zero attached hydrogens (tertiary/aromatic N) is 1. The molecule has 0 saturated heterocycles. The Labute approximate surface area is 145 Å². The number of ether oxygens (including phenoxy) is 1. The van der Waals surface area contributed by atoms with E-state index in [0.29, 0.717) is 6.54 Å². The minimum atomic E-state index is -3.57. The van der Waals surface area contributed by atoms with E-state index >= 15 is 0 Å². The van der Waals surface area contributed by atoms with Gasteiger partial charge in [-0.15, -0.1) is 0 Å². The van der Waals surface area contributed by atoms with Crippen molar-refractivity contribution in [1.82, 2.24) is 0 Å². The first-order valence-corrected chi connectivity index (χ1v) is 9.61. The Kier molecular flexibility index (Phi) is 4.59. The molecule has 0 atom stereocenters. The van der Waals surface area contributed by atoms with Crippen LogP contribution in [0.2, 0.25) is 0 Å².